The van der Waals surface area contributed by atoms with E-state index in [1.807, 2.05) is 17.9 Å². The van der Waals surface area contributed by atoms with E-state index in [1.165, 1.54) is 0 Å². The fourth-order valence-electron chi connectivity index (χ4n) is 2.34. The maximum atomic E-state index is 12.2. The highest BCUT2D eigenvalue weighted by Gasteiger charge is 2.28. The molecular weight excluding hydrogens is 276 g/mol. The van der Waals surface area contributed by atoms with Gasteiger partial charge in [-0.3, -0.25) is 4.79 Å². The predicted octanol–water partition coefficient (Wildman–Crippen LogP) is 2.24. The van der Waals surface area contributed by atoms with E-state index in [0.29, 0.717) is 16.8 Å². The van der Waals surface area contributed by atoms with Crippen LogP contribution in [-0.2, 0) is 4.79 Å². The lowest BCUT2D eigenvalue weighted by molar-refractivity contribution is -0.137. The van der Waals surface area contributed by atoms with Crippen molar-refractivity contribution in [3.63, 3.8) is 0 Å². The summed E-state index contributed by atoms with van der Waals surface area (Å²) in [6.45, 7) is 7.69. The molecule has 1 aliphatic rings. The Morgan fingerprint density at radius 1 is 1.50 bits per heavy atom. The summed E-state index contributed by atoms with van der Waals surface area (Å²) in [6.07, 6.45) is 0. The quantitative estimate of drug-likeness (QED) is 0.930. The monoisotopic (exact) mass is 296 g/mol. The molecule has 4 nitrogen and oxygen atoms in total. The molecule has 1 aromatic rings. The summed E-state index contributed by atoms with van der Waals surface area (Å²) in [5, 5.41) is 4.06. The molecule has 1 aromatic carbocycles. The molecule has 0 radical (unpaired) electrons. The Labute approximate surface area is 125 Å². The van der Waals surface area contributed by atoms with Gasteiger partial charge >= 0.3 is 0 Å². The van der Waals surface area contributed by atoms with E-state index in [0.717, 1.165) is 18.7 Å². The number of aryl methyl sites for hydroxylation is 1. The number of halogens is 1. The van der Waals surface area contributed by atoms with Crippen molar-refractivity contribution in [2.75, 3.05) is 19.7 Å². The van der Waals surface area contributed by atoms with Crippen LogP contribution >= 0.6 is 11.6 Å². The molecule has 0 aromatic heterocycles. The van der Waals surface area contributed by atoms with E-state index >= 15 is 0 Å². The van der Waals surface area contributed by atoms with E-state index in [2.05, 4.69) is 19.2 Å². The molecule has 0 spiro atoms. The minimum atomic E-state index is 0.0263. The van der Waals surface area contributed by atoms with E-state index in [4.69, 9.17) is 16.3 Å². The number of ether oxygens (including phenoxy) is 1. The largest absolute Gasteiger partial charge is 0.484 e. The Balaban J connectivity index is 1.93. The molecular formula is C15H21ClN2O2. The SMILES string of the molecule is Cc1cc(OCC(=O)N2CCNC(C)C2C)ccc1Cl. The van der Waals surface area contributed by atoms with E-state index < -0.39 is 0 Å². The van der Waals surface area contributed by atoms with Gasteiger partial charge in [0, 0.05) is 30.2 Å². The van der Waals surface area contributed by atoms with Gasteiger partial charge in [0.2, 0.25) is 0 Å². The standard InChI is InChI=1S/C15H21ClN2O2/c1-10-8-13(4-5-14(10)16)20-9-15(19)18-7-6-17-11(2)12(18)3/h4-5,8,11-12,17H,6-7,9H2,1-3H3. The van der Waals surface area contributed by atoms with Crippen LogP contribution in [0, 0.1) is 6.92 Å². The summed E-state index contributed by atoms with van der Waals surface area (Å²) < 4.78 is 5.57. The van der Waals surface area contributed by atoms with Crippen LogP contribution in [-0.4, -0.2) is 42.6 Å². The number of hydrogen-bond acceptors (Lipinski definition) is 3. The van der Waals surface area contributed by atoms with Crippen molar-refractivity contribution in [2.45, 2.75) is 32.9 Å². The van der Waals surface area contributed by atoms with Crippen molar-refractivity contribution in [3.05, 3.63) is 28.8 Å². The van der Waals surface area contributed by atoms with E-state index in [-0.39, 0.29) is 18.6 Å². The van der Waals surface area contributed by atoms with Gasteiger partial charge in [0.1, 0.15) is 5.75 Å². The number of rotatable bonds is 3. The number of hydrogen-bond donors (Lipinski definition) is 1. The second-order valence-corrected chi connectivity index (χ2v) is 5.68. The summed E-state index contributed by atoms with van der Waals surface area (Å²) in [7, 11) is 0. The minimum Gasteiger partial charge on any atom is -0.484 e. The molecule has 0 bridgehead atoms. The normalized spacial score (nSPS) is 22.7. The highest BCUT2D eigenvalue weighted by Crippen LogP contribution is 2.21. The average molecular weight is 297 g/mol. The minimum absolute atomic E-state index is 0.0263. The molecule has 1 amide bonds. The lowest BCUT2D eigenvalue weighted by Crippen LogP contribution is -2.58. The van der Waals surface area contributed by atoms with Crippen LogP contribution in [0.1, 0.15) is 19.4 Å². The second kappa shape index (κ2) is 6.46. The lowest BCUT2D eigenvalue weighted by atomic mass is 10.1. The van der Waals surface area contributed by atoms with Crippen LogP contribution < -0.4 is 10.1 Å². The summed E-state index contributed by atoms with van der Waals surface area (Å²) in [6, 6.07) is 5.91. The zero-order valence-corrected chi connectivity index (χ0v) is 12.9. The molecule has 110 valence electrons. The first-order valence-electron chi connectivity index (χ1n) is 6.91. The van der Waals surface area contributed by atoms with Crippen LogP contribution in [0.3, 0.4) is 0 Å². The Morgan fingerprint density at radius 2 is 2.25 bits per heavy atom. The maximum absolute atomic E-state index is 12.2. The fraction of sp³-hybridized carbons (Fsp3) is 0.533. The van der Waals surface area contributed by atoms with Gasteiger partial charge in [0.15, 0.2) is 6.61 Å². The first kappa shape index (κ1) is 15.1. The first-order valence-corrected chi connectivity index (χ1v) is 7.28. The number of benzene rings is 1. The topological polar surface area (TPSA) is 41.6 Å². The molecule has 1 fully saturated rings. The highest BCUT2D eigenvalue weighted by molar-refractivity contribution is 6.31. The Bertz CT molecular complexity index is 493. The van der Waals surface area contributed by atoms with Gasteiger partial charge in [-0.15, -0.1) is 0 Å². The number of carbonyl (C=O) groups excluding carboxylic acids is 1. The van der Waals surface area contributed by atoms with E-state index in [9.17, 15) is 4.79 Å². The number of piperazine rings is 1. The molecule has 0 aliphatic carbocycles. The van der Waals surface area contributed by atoms with Gasteiger partial charge in [-0.1, -0.05) is 11.6 Å². The molecule has 1 aliphatic heterocycles. The number of nitrogens with zero attached hydrogens (tertiary/aromatic N) is 1. The molecule has 1 heterocycles. The van der Waals surface area contributed by atoms with Crippen LogP contribution in [0.5, 0.6) is 5.75 Å². The smallest absolute Gasteiger partial charge is 0.260 e. The molecule has 2 atom stereocenters. The van der Waals surface area contributed by atoms with Gasteiger partial charge < -0.3 is 15.0 Å². The summed E-state index contributed by atoms with van der Waals surface area (Å²) >= 11 is 5.96. The third-order valence-electron chi connectivity index (χ3n) is 3.85. The zero-order valence-electron chi connectivity index (χ0n) is 12.1. The lowest BCUT2D eigenvalue weighted by Gasteiger charge is -2.38. The predicted molar refractivity (Wildman–Crippen MR) is 80.3 cm³/mol. The fourth-order valence-corrected chi connectivity index (χ4v) is 2.46. The van der Waals surface area contributed by atoms with Gasteiger partial charge in [0.05, 0.1) is 0 Å². The third-order valence-corrected chi connectivity index (χ3v) is 4.27. The Morgan fingerprint density at radius 3 is 2.95 bits per heavy atom. The first-order chi connectivity index (χ1) is 9.49. The van der Waals surface area contributed by atoms with Crippen molar-refractivity contribution in [3.8, 4) is 5.75 Å². The van der Waals surface area contributed by atoms with Crippen molar-refractivity contribution in [1.82, 2.24) is 10.2 Å². The summed E-state index contributed by atoms with van der Waals surface area (Å²) in [4.78, 5) is 14.1. The average Bonchev–Trinajstić information content (AvgIpc) is 2.43. The summed E-state index contributed by atoms with van der Waals surface area (Å²) in [5.74, 6) is 0.703. The molecule has 1 N–H and O–H groups in total. The van der Waals surface area contributed by atoms with Gasteiger partial charge in [-0.2, -0.15) is 0 Å². The zero-order chi connectivity index (χ0) is 14.7. The van der Waals surface area contributed by atoms with Crippen LogP contribution in [0.15, 0.2) is 18.2 Å². The Hall–Kier alpha value is -1.26. The van der Waals surface area contributed by atoms with Gasteiger partial charge in [-0.25, -0.2) is 0 Å². The number of amides is 1. The molecule has 2 unspecified atom stereocenters. The third kappa shape index (κ3) is 3.44. The summed E-state index contributed by atoms with van der Waals surface area (Å²) in [5.41, 5.74) is 0.945. The van der Waals surface area contributed by atoms with Gasteiger partial charge in [0.25, 0.3) is 5.91 Å². The number of nitrogens with one attached hydrogen (secondary N) is 1. The maximum Gasteiger partial charge on any atom is 0.260 e. The molecule has 1 saturated heterocycles. The molecule has 0 saturated carbocycles. The highest BCUT2D eigenvalue weighted by atomic mass is 35.5. The molecule has 2 rings (SSSR count). The number of carbonyl (C=O) groups is 1. The Kier molecular flexibility index (Phi) is 4.89. The molecule has 5 heteroatoms. The van der Waals surface area contributed by atoms with Crippen molar-refractivity contribution < 1.29 is 9.53 Å². The van der Waals surface area contributed by atoms with Gasteiger partial charge in [-0.05, 0) is 44.5 Å². The van der Waals surface area contributed by atoms with Crippen molar-refractivity contribution in [2.24, 2.45) is 0 Å². The van der Waals surface area contributed by atoms with Crippen molar-refractivity contribution >= 4 is 17.5 Å². The molecule has 20 heavy (non-hydrogen) atoms. The van der Waals surface area contributed by atoms with E-state index in [1.54, 1.807) is 12.1 Å². The van der Waals surface area contributed by atoms with Crippen LogP contribution in [0.25, 0.3) is 0 Å². The van der Waals surface area contributed by atoms with Crippen LogP contribution in [0.2, 0.25) is 5.02 Å². The second-order valence-electron chi connectivity index (χ2n) is 5.27. The van der Waals surface area contributed by atoms with Crippen LogP contribution in [0.4, 0.5) is 0 Å². The van der Waals surface area contributed by atoms with Crippen molar-refractivity contribution in [1.29, 1.82) is 0 Å².